The maximum atomic E-state index is 6.59. The highest BCUT2D eigenvalue weighted by molar-refractivity contribution is 5.50. The number of nitrogens with zero attached hydrogens (tertiary/aromatic N) is 1. The fourth-order valence-corrected chi connectivity index (χ4v) is 3.94. The summed E-state index contributed by atoms with van der Waals surface area (Å²) in [5.41, 5.74) is 10.4. The van der Waals surface area contributed by atoms with Crippen molar-refractivity contribution in [2.75, 3.05) is 27.9 Å². The van der Waals surface area contributed by atoms with Gasteiger partial charge in [-0.3, -0.25) is 4.90 Å². The van der Waals surface area contributed by atoms with Crippen LogP contribution < -0.4 is 19.9 Å². The van der Waals surface area contributed by atoms with E-state index >= 15 is 0 Å². The number of fused-ring (bicyclic) bond motifs is 1. The summed E-state index contributed by atoms with van der Waals surface area (Å²) >= 11 is 0. The summed E-state index contributed by atoms with van der Waals surface area (Å²) in [4.78, 5) is 2.47. The average Bonchev–Trinajstić information content (AvgIpc) is 2.72. The molecule has 3 rings (SSSR count). The minimum Gasteiger partial charge on any atom is -0.497 e. The Morgan fingerprint density at radius 1 is 1.07 bits per heavy atom. The van der Waals surface area contributed by atoms with Crippen LogP contribution >= 0.6 is 0 Å². The molecule has 27 heavy (non-hydrogen) atoms. The zero-order chi connectivity index (χ0) is 19.4. The molecule has 2 atom stereocenters. The molecule has 0 radical (unpaired) electrons. The van der Waals surface area contributed by atoms with Crippen LogP contribution in [0.3, 0.4) is 0 Å². The summed E-state index contributed by atoms with van der Waals surface area (Å²) in [5.74, 6) is 2.42. The lowest BCUT2D eigenvalue weighted by molar-refractivity contribution is 0.148. The van der Waals surface area contributed by atoms with Gasteiger partial charge in [-0.1, -0.05) is 19.1 Å². The summed E-state index contributed by atoms with van der Waals surface area (Å²) in [6.07, 6.45) is 1.87. The molecule has 2 aromatic carbocycles. The van der Waals surface area contributed by atoms with Gasteiger partial charge in [0, 0.05) is 19.1 Å². The highest BCUT2D eigenvalue weighted by Gasteiger charge is 2.32. The standard InChI is InChI=1S/C22H30N2O3/c1-5-19(23)22-18-13-21(27-4)20(26-3)12-16(18)9-10-24(22)14-15-7-6-8-17(11-15)25-2/h6-8,11-13,19,22H,5,9-10,14,23H2,1-4H3/t19-,22+/m1/s1. The van der Waals surface area contributed by atoms with Crippen molar-refractivity contribution >= 4 is 0 Å². The molecule has 0 amide bonds. The van der Waals surface area contributed by atoms with E-state index in [1.54, 1.807) is 21.3 Å². The van der Waals surface area contributed by atoms with E-state index in [9.17, 15) is 0 Å². The molecule has 2 aromatic rings. The van der Waals surface area contributed by atoms with E-state index in [-0.39, 0.29) is 12.1 Å². The molecule has 0 unspecified atom stereocenters. The van der Waals surface area contributed by atoms with Gasteiger partial charge in [0.2, 0.25) is 0 Å². The number of ether oxygens (including phenoxy) is 3. The molecule has 0 saturated heterocycles. The minimum absolute atomic E-state index is 0.0489. The topological polar surface area (TPSA) is 57.0 Å². The van der Waals surface area contributed by atoms with Crippen LogP contribution in [-0.4, -0.2) is 38.8 Å². The van der Waals surface area contributed by atoms with Crippen molar-refractivity contribution in [2.24, 2.45) is 5.73 Å². The number of nitrogens with two attached hydrogens (primary N) is 1. The first kappa shape index (κ1) is 19.5. The molecule has 1 heterocycles. The Morgan fingerprint density at radius 2 is 1.81 bits per heavy atom. The Balaban J connectivity index is 1.96. The normalized spacial score (nSPS) is 17.9. The molecule has 2 N–H and O–H groups in total. The van der Waals surface area contributed by atoms with Crippen LogP contribution in [0.25, 0.3) is 0 Å². The van der Waals surface area contributed by atoms with Crippen molar-refractivity contribution in [3.63, 3.8) is 0 Å². The lowest BCUT2D eigenvalue weighted by Crippen LogP contribution is -2.44. The van der Waals surface area contributed by atoms with E-state index in [0.717, 1.165) is 43.2 Å². The number of rotatable bonds is 7. The molecule has 0 bridgehead atoms. The summed E-state index contributed by atoms with van der Waals surface area (Å²) < 4.78 is 16.4. The van der Waals surface area contributed by atoms with E-state index in [2.05, 4.69) is 36.1 Å². The molecule has 0 fully saturated rings. The van der Waals surface area contributed by atoms with E-state index in [0.29, 0.717) is 0 Å². The first-order chi connectivity index (χ1) is 13.1. The molecule has 0 aliphatic carbocycles. The van der Waals surface area contributed by atoms with Gasteiger partial charge in [-0.05, 0) is 53.8 Å². The third-order valence-electron chi connectivity index (χ3n) is 5.42. The lowest BCUT2D eigenvalue weighted by atomic mass is 9.86. The van der Waals surface area contributed by atoms with Gasteiger partial charge in [-0.25, -0.2) is 0 Å². The van der Waals surface area contributed by atoms with Crippen molar-refractivity contribution < 1.29 is 14.2 Å². The van der Waals surface area contributed by atoms with E-state index < -0.39 is 0 Å². The van der Waals surface area contributed by atoms with Gasteiger partial charge in [0.05, 0.1) is 27.4 Å². The summed E-state index contributed by atoms with van der Waals surface area (Å²) in [6.45, 7) is 3.94. The van der Waals surface area contributed by atoms with Gasteiger partial charge in [-0.15, -0.1) is 0 Å². The molecule has 1 aliphatic heterocycles. The molecular weight excluding hydrogens is 340 g/mol. The molecule has 5 heteroatoms. The predicted octanol–water partition coefficient (Wildman–Crippen LogP) is 3.55. The SMILES string of the molecule is CC[C@@H](N)[C@@H]1c2cc(OC)c(OC)cc2CCN1Cc1cccc(OC)c1. The summed E-state index contributed by atoms with van der Waals surface area (Å²) in [7, 11) is 5.05. The third-order valence-corrected chi connectivity index (χ3v) is 5.42. The fraction of sp³-hybridized carbons (Fsp3) is 0.455. The van der Waals surface area contributed by atoms with Crippen molar-refractivity contribution in [1.29, 1.82) is 0 Å². The maximum absolute atomic E-state index is 6.59. The van der Waals surface area contributed by atoms with E-state index in [1.165, 1.54) is 16.7 Å². The van der Waals surface area contributed by atoms with Crippen LogP contribution in [0.1, 0.15) is 36.1 Å². The first-order valence-electron chi connectivity index (χ1n) is 9.48. The summed E-state index contributed by atoms with van der Waals surface area (Å²) in [5, 5.41) is 0. The molecule has 1 aliphatic rings. The lowest BCUT2D eigenvalue weighted by Gasteiger charge is -2.40. The van der Waals surface area contributed by atoms with E-state index in [4.69, 9.17) is 19.9 Å². The van der Waals surface area contributed by atoms with Crippen molar-refractivity contribution in [2.45, 2.75) is 38.4 Å². The van der Waals surface area contributed by atoms with Crippen LogP contribution in [-0.2, 0) is 13.0 Å². The van der Waals surface area contributed by atoms with E-state index in [1.807, 2.05) is 12.1 Å². The number of hydrogen-bond donors (Lipinski definition) is 1. The Bertz CT molecular complexity index is 778. The first-order valence-corrected chi connectivity index (χ1v) is 9.48. The monoisotopic (exact) mass is 370 g/mol. The zero-order valence-electron chi connectivity index (χ0n) is 16.7. The zero-order valence-corrected chi connectivity index (χ0v) is 16.7. The van der Waals surface area contributed by atoms with Gasteiger partial charge in [-0.2, -0.15) is 0 Å². The van der Waals surface area contributed by atoms with Crippen molar-refractivity contribution in [3.8, 4) is 17.2 Å². The van der Waals surface area contributed by atoms with Gasteiger partial charge >= 0.3 is 0 Å². The average molecular weight is 370 g/mol. The Morgan fingerprint density at radius 3 is 2.48 bits per heavy atom. The fourth-order valence-electron chi connectivity index (χ4n) is 3.94. The van der Waals surface area contributed by atoms with Crippen LogP contribution in [0.15, 0.2) is 36.4 Å². The minimum atomic E-state index is 0.0489. The van der Waals surface area contributed by atoms with Crippen molar-refractivity contribution in [3.05, 3.63) is 53.1 Å². The van der Waals surface area contributed by atoms with Gasteiger partial charge in [0.25, 0.3) is 0 Å². The number of hydrogen-bond acceptors (Lipinski definition) is 5. The van der Waals surface area contributed by atoms with Gasteiger partial charge < -0.3 is 19.9 Å². The second-order valence-corrected chi connectivity index (χ2v) is 6.99. The van der Waals surface area contributed by atoms with Gasteiger partial charge in [0.15, 0.2) is 11.5 Å². The summed E-state index contributed by atoms with van der Waals surface area (Å²) in [6, 6.07) is 12.6. The molecule has 5 nitrogen and oxygen atoms in total. The maximum Gasteiger partial charge on any atom is 0.161 e. The molecule has 146 valence electrons. The smallest absolute Gasteiger partial charge is 0.161 e. The third kappa shape index (κ3) is 4.04. The predicted molar refractivity (Wildman–Crippen MR) is 108 cm³/mol. The number of benzene rings is 2. The van der Waals surface area contributed by atoms with Crippen LogP contribution in [0.2, 0.25) is 0 Å². The van der Waals surface area contributed by atoms with Crippen LogP contribution in [0.5, 0.6) is 17.2 Å². The molecule has 0 spiro atoms. The quantitative estimate of drug-likeness (QED) is 0.808. The van der Waals surface area contributed by atoms with Gasteiger partial charge in [0.1, 0.15) is 5.75 Å². The van der Waals surface area contributed by atoms with Crippen LogP contribution in [0.4, 0.5) is 0 Å². The highest BCUT2D eigenvalue weighted by atomic mass is 16.5. The second kappa shape index (κ2) is 8.63. The Hall–Kier alpha value is -2.24. The Kier molecular flexibility index (Phi) is 6.24. The molecule has 0 saturated carbocycles. The van der Waals surface area contributed by atoms with Crippen LogP contribution in [0, 0.1) is 0 Å². The Labute approximate surface area is 162 Å². The molecular formula is C22H30N2O3. The second-order valence-electron chi connectivity index (χ2n) is 6.99. The highest BCUT2D eigenvalue weighted by Crippen LogP contribution is 2.40. The number of methoxy groups -OCH3 is 3. The molecule has 0 aromatic heterocycles. The largest absolute Gasteiger partial charge is 0.497 e. The van der Waals surface area contributed by atoms with Crippen molar-refractivity contribution in [1.82, 2.24) is 4.90 Å².